The third-order valence-corrected chi connectivity index (χ3v) is 13.0. The van der Waals surface area contributed by atoms with Gasteiger partial charge in [0.05, 0.1) is 22.1 Å². The Hall–Kier alpha value is -8.40. The predicted molar refractivity (Wildman–Crippen MR) is 266 cm³/mol. The minimum Gasteiger partial charge on any atom is -0.309 e. The Morgan fingerprint density at radius 1 is 0.254 bits per heavy atom. The molecule has 13 rings (SSSR count). The van der Waals surface area contributed by atoms with E-state index in [0.717, 1.165) is 21.8 Å². The topological polar surface area (TPSA) is 30.7 Å². The van der Waals surface area contributed by atoms with E-state index in [1.54, 1.807) is 12.4 Å². The number of hydrogen-bond acceptors (Lipinski definition) is 2. The van der Waals surface area contributed by atoms with Crippen LogP contribution in [0.2, 0.25) is 0 Å². The minimum absolute atomic E-state index is 0.939. The maximum Gasteiger partial charge on any atom is 0.0971 e. The van der Waals surface area contributed by atoms with Crippen LogP contribution >= 0.6 is 0 Å². The molecule has 0 radical (unpaired) electrons. The van der Waals surface area contributed by atoms with Crippen LogP contribution in [0.25, 0.3) is 126 Å². The first kappa shape index (κ1) is 35.4. The van der Waals surface area contributed by atoms with Gasteiger partial charge in [0.2, 0.25) is 0 Å². The average molecular weight is 800 g/mol. The van der Waals surface area contributed by atoms with Gasteiger partial charge in [-0.2, -0.15) is 0 Å². The lowest BCUT2D eigenvalue weighted by atomic mass is 9.93. The van der Waals surface area contributed by atoms with E-state index < -0.39 is 0 Å². The summed E-state index contributed by atoms with van der Waals surface area (Å²) in [6.07, 6.45) is 3.57. The molecule has 292 valence electrons. The summed E-state index contributed by atoms with van der Waals surface area (Å²) in [5, 5.41) is 12.1. The molecule has 2 heterocycles. The van der Waals surface area contributed by atoms with Gasteiger partial charge in [-0.25, -0.2) is 0 Å². The zero-order valence-corrected chi connectivity index (χ0v) is 34.2. The standard InChI is InChI=1S/C60H37N3/c1-2-8-50(9-3-1)63-57-13-7-6-11-53(57)55-36-48(27-29-58(55)63)39-16-14-38(15-17-39)40-18-19-42-33-43(21-20-41(42)32-40)44-22-23-46-35-47(25-24-45(46)34-44)49-26-28-52-51-10-4-5-12-54(51)59-60(56(52)37-49)62-31-30-61-59/h1-37H. The molecule has 0 aliphatic carbocycles. The Balaban J connectivity index is 0.776. The lowest BCUT2D eigenvalue weighted by Gasteiger charge is -2.12. The zero-order chi connectivity index (χ0) is 41.4. The van der Waals surface area contributed by atoms with Crippen LogP contribution in [0.1, 0.15) is 0 Å². The third kappa shape index (κ3) is 5.82. The van der Waals surface area contributed by atoms with E-state index in [9.17, 15) is 0 Å². The lowest BCUT2D eigenvalue weighted by molar-refractivity contribution is 1.18. The summed E-state index contributed by atoms with van der Waals surface area (Å²) < 4.78 is 2.36. The molecule has 0 spiro atoms. The fourth-order valence-corrected chi connectivity index (χ4v) is 9.88. The average Bonchev–Trinajstić information content (AvgIpc) is 3.69. The van der Waals surface area contributed by atoms with Crippen molar-refractivity contribution in [2.75, 3.05) is 0 Å². The molecular formula is C60H37N3. The molecule has 2 aromatic heterocycles. The zero-order valence-electron chi connectivity index (χ0n) is 34.2. The van der Waals surface area contributed by atoms with Crippen LogP contribution in [0.3, 0.4) is 0 Å². The first-order valence-corrected chi connectivity index (χ1v) is 21.5. The van der Waals surface area contributed by atoms with Crippen LogP contribution in [-0.4, -0.2) is 14.5 Å². The molecule has 63 heavy (non-hydrogen) atoms. The Morgan fingerprint density at radius 3 is 1.27 bits per heavy atom. The molecule has 0 N–H and O–H groups in total. The summed E-state index contributed by atoms with van der Waals surface area (Å²) in [5.41, 5.74) is 15.1. The van der Waals surface area contributed by atoms with Crippen LogP contribution in [0.5, 0.6) is 0 Å². The Kier molecular flexibility index (Phi) is 7.91. The van der Waals surface area contributed by atoms with Crippen LogP contribution in [0.15, 0.2) is 225 Å². The van der Waals surface area contributed by atoms with Crippen molar-refractivity contribution >= 4 is 75.9 Å². The molecule has 0 saturated carbocycles. The van der Waals surface area contributed by atoms with E-state index in [2.05, 4.69) is 217 Å². The number of nitrogens with zero attached hydrogens (tertiary/aromatic N) is 3. The van der Waals surface area contributed by atoms with Crippen molar-refractivity contribution < 1.29 is 0 Å². The van der Waals surface area contributed by atoms with E-state index >= 15 is 0 Å². The van der Waals surface area contributed by atoms with E-state index in [1.165, 1.54) is 104 Å². The van der Waals surface area contributed by atoms with Crippen molar-refractivity contribution in [3.8, 4) is 50.2 Å². The van der Waals surface area contributed by atoms with Gasteiger partial charge in [0, 0.05) is 39.6 Å². The van der Waals surface area contributed by atoms with Crippen LogP contribution < -0.4 is 0 Å². The summed E-state index contributed by atoms with van der Waals surface area (Å²) in [6, 6.07) is 77.7. The molecule has 0 unspecified atom stereocenters. The Bertz CT molecular complexity index is 3920. The number of benzene rings is 11. The largest absolute Gasteiger partial charge is 0.309 e. The number of fused-ring (bicyclic) bond motifs is 11. The highest BCUT2D eigenvalue weighted by Gasteiger charge is 2.15. The van der Waals surface area contributed by atoms with Gasteiger partial charge in [-0.15, -0.1) is 0 Å². The van der Waals surface area contributed by atoms with E-state index in [-0.39, 0.29) is 0 Å². The molecule has 0 amide bonds. The van der Waals surface area contributed by atoms with E-state index in [4.69, 9.17) is 9.97 Å². The van der Waals surface area contributed by atoms with Crippen LogP contribution in [0, 0.1) is 0 Å². The normalized spacial score (nSPS) is 11.8. The molecule has 0 fully saturated rings. The molecule has 3 nitrogen and oxygen atoms in total. The monoisotopic (exact) mass is 799 g/mol. The van der Waals surface area contributed by atoms with Gasteiger partial charge < -0.3 is 4.57 Å². The van der Waals surface area contributed by atoms with Gasteiger partial charge in [-0.3, -0.25) is 9.97 Å². The highest BCUT2D eigenvalue weighted by atomic mass is 15.0. The maximum absolute atomic E-state index is 4.79. The second-order valence-electron chi connectivity index (χ2n) is 16.6. The summed E-state index contributed by atoms with van der Waals surface area (Å²) in [7, 11) is 0. The van der Waals surface area contributed by atoms with Gasteiger partial charge in [0.15, 0.2) is 0 Å². The second-order valence-corrected chi connectivity index (χ2v) is 16.6. The minimum atomic E-state index is 0.939. The van der Waals surface area contributed by atoms with E-state index in [0.29, 0.717) is 0 Å². The van der Waals surface area contributed by atoms with Crippen LogP contribution in [0.4, 0.5) is 0 Å². The molecule has 13 aromatic rings. The maximum atomic E-state index is 4.79. The molecule has 0 aliphatic heterocycles. The molecule has 0 bridgehead atoms. The molecule has 0 aliphatic rings. The number of para-hydroxylation sites is 2. The van der Waals surface area contributed by atoms with Gasteiger partial charge in [-0.05, 0) is 137 Å². The number of aromatic nitrogens is 3. The summed E-state index contributed by atoms with van der Waals surface area (Å²) >= 11 is 0. The molecule has 0 saturated heterocycles. The number of hydrogen-bond donors (Lipinski definition) is 0. The summed E-state index contributed by atoms with van der Waals surface area (Å²) in [5.74, 6) is 0. The highest BCUT2D eigenvalue weighted by Crippen LogP contribution is 2.38. The van der Waals surface area contributed by atoms with Gasteiger partial charge in [-0.1, -0.05) is 152 Å². The first-order chi connectivity index (χ1) is 31.2. The Morgan fingerprint density at radius 2 is 0.651 bits per heavy atom. The van der Waals surface area contributed by atoms with Crippen molar-refractivity contribution in [3.05, 3.63) is 225 Å². The highest BCUT2D eigenvalue weighted by molar-refractivity contribution is 6.23. The molecule has 0 atom stereocenters. The van der Waals surface area contributed by atoms with Gasteiger partial charge >= 0.3 is 0 Å². The first-order valence-electron chi connectivity index (χ1n) is 21.5. The quantitative estimate of drug-likeness (QED) is 0.162. The fourth-order valence-electron chi connectivity index (χ4n) is 9.88. The van der Waals surface area contributed by atoms with Crippen molar-refractivity contribution in [2.24, 2.45) is 0 Å². The third-order valence-electron chi connectivity index (χ3n) is 13.0. The Labute approximate surface area is 363 Å². The lowest BCUT2D eigenvalue weighted by Crippen LogP contribution is -1.92. The fraction of sp³-hybridized carbons (Fsp3) is 0. The van der Waals surface area contributed by atoms with Crippen molar-refractivity contribution in [3.63, 3.8) is 0 Å². The van der Waals surface area contributed by atoms with Crippen molar-refractivity contribution in [1.29, 1.82) is 0 Å². The van der Waals surface area contributed by atoms with Crippen molar-refractivity contribution in [1.82, 2.24) is 14.5 Å². The smallest absolute Gasteiger partial charge is 0.0971 e. The second kappa shape index (κ2) is 14.1. The predicted octanol–water partition coefficient (Wildman–Crippen LogP) is 16.0. The van der Waals surface area contributed by atoms with Gasteiger partial charge in [0.1, 0.15) is 0 Å². The van der Waals surface area contributed by atoms with Crippen molar-refractivity contribution in [2.45, 2.75) is 0 Å². The molecule has 11 aromatic carbocycles. The van der Waals surface area contributed by atoms with Crippen LogP contribution in [-0.2, 0) is 0 Å². The van der Waals surface area contributed by atoms with Gasteiger partial charge in [0.25, 0.3) is 0 Å². The summed E-state index contributed by atoms with van der Waals surface area (Å²) in [6.45, 7) is 0. The van der Waals surface area contributed by atoms with E-state index in [1.807, 2.05) is 0 Å². The molecular weight excluding hydrogens is 763 g/mol. The summed E-state index contributed by atoms with van der Waals surface area (Å²) in [4.78, 5) is 9.53. The SMILES string of the molecule is c1ccc(-n2c3ccccc3c3cc(-c4ccc(-c5ccc6cc(-c7ccc8cc(-c9ccc%10c%11ccccc%11c%11nccnc%11c%10c9)ccc8c7)ccc6c5)cc4)ccc32)cc1. The molecule has 3 heteroatoms. The number of rotatable bonds is 5.